The normalized spacial score (nSPS) is 15.4. The topological polar surface area (TPSA) is 87.5 Å². The number of benzene rings is 1. The molecule has 3 rings (SSSR count). The summed E-state index contributed by atoms with van der Waals surface area (Å²) in [6, 6.07) is 7.30. The Morgan fingerprint density at radius 2 is 2.32 bits per heavy atom. The number of anilines is 1. The van der Waals surface area contributed by atoms with Crippen molar-refractivity contribution in [1.29, 1.82) is 5.26 Å². The van der Waals surface area contributed by atoms with Crippen molar-refractivity contribution < 1.29 is 14.3 Å². The molecule has 1 aliphatic rings. The number of hydrogen-bond donors (Lipinski definition) is 1. The van der Waals surface area contributed by atoms with E-state index in [1.54, 1.807) is 12.0 Å². The van der Waals surface area contributed by atoms with Gasteiger partial charge in [-0.15, -0.1) is 0 Å². The molecule has 0 fully saturated rings. The van der Waals surface area contributed by atoms with Gasteiger partial charge in [-0.2, -0.15) is 5.26 Å². The smallest absolute Gasteiger partial charge is 0.324 e. The number of methoxy groups -OCH3 is 1. The maximum Gasteiger partial charge on any atom is 0.324 e. The lowest BCUT2D eigenvalue weighted by atomic mass is 10.1. The SMILES string of the molecule is COc1ccc2c(c1)OC(C)(C)CN(C(=O)Nc1ncc(C#N)s1)C2. The van der Waals surface area contributed by atoms with Gasteiger partial charge in [-0.05, 0) is 26.0 Å². The van der Waals surface area contributed by atoms with Gasteiger partial charge in [-0.25, -0.2) is 9.78 Å². The highest BCUT2D eigenvalue weighted by atomic mass is 32.1. The van der Waals surface area contributed by atoms with Gasteiger partial charge < -0.3 is 14.4 Å². The molecule has 130 valence electrons. The number of fused-ring (bicyclic) bond motifs is 1. The number of nitrogens with zero attached hydrogens (tertiary/aromatic N) is 3. The first-order valence-electron chi connectivity index (χ1n) is 7.68. The van der Waals surface area contributed by atoms with E-state index in [2.05, 4.69) is 10.3 Å². The van der Waals surface area contributed by atoms with E-state index in [0.29, 0.717) is 34.6 Å². The van der Waals surface area contributed by atoms with Gasteiger partial charge in [0.1, 0.15) is 28.0 Å². The van der Waals surface area contributed by atoms with E-state index >= 15 is 0 Å². The van der Waals surface area contributed by atoms with Crippen LogP contribution in [0.15, 0.2) is 24.4 Å². The minimum atomic E-state index is -0.560. The van der Waals surface area contributed by atoms with Crippen molar-refractivity contribution in [2.75, 3.05) is 19.0 Å². The van der Waals surface area contributed by atoms with E-state index in [9.17, 15) is 4.79 Å². The largest absolute Gasteiger partial charge is 0.497 e. The second kappa shape index (κ2) is 6.61. The van der Waals surface area contributed by atoms with Crippen molar-refractivity contribution in [1.82, 2.24) is 9.88 Å². The zero-order chi connectivity index (χ0) is 18.0. The second-order valence-corrected chi connectivity index (χ2v) is 7.29. The Bertz CT molecular complexity index is 841. The number of aromatic nitrogens is 1. The number of hydrogen-bond acceptors (Lipinski definition) is 6. The number of urea groups is 1. The van der Waals surface area contributed by atoms with Gasteiger partial charge in [0.15, 0.2) is 5.13 Å². The number of thiazole rings is 1. The molecule has 0 unspecified atom stereocenters. The van der Waals surface area contributed by atoms with Crippen LogP contribution in [0.5, 0.6) is 11.5 Å². The number of amides is 2. The Morgan fingerprint density at radius 3 is 3.00 bits per heavy atom. The molecular weight excluding hydrogens is 340 g/mol. The van der Waals surface area contributed by atoms with Gasteiger partial charge in [0.2, 0.25) is 0 Å². The van der Waals surface area contributed by atoms with Crippen LogP contribution in [0.2, 0.25) is 0 Å². The van der Waals surface area contributed by atoms with E-state index in [1.165, 1.54) is 6.20 Å². The average Bonchev–Trinajstić information content (AvgIpc) is 2.96. The van der Waals surface area contributed by atoms with Gasteiger partial charge in [-0.3, -0.25) is 5.32 Å². The van der Waals surface area contributed by atoms with Crippen LogP contribution >= 0.6 is 11.3 Å². The second-order valence-electron chi connectivity index (χ2n) is 6.26. The average molecular weight is 358 g/mol. The fourth-order valence-corrected chi connectivity index (χ4v) is 3.24. The minimum absolute atomic E-state index is 0.279. The van der Waals surface area contributed by atoms with Gasteiger partial charge in [0.05, 0.1) is 26.4 Å². The maximum absolute atomic E-state index is 12.7. The van der Waals surface area contributed by atoms with E-state index in [1.807, 2.05) is 38.1 Å². The molecule has 7 nitrogen and oxygen atoms in total. The van der Waals surface area contributed by atoms with Crippen LogP contribution in [0.25, 0.3) is 0 Å². The van der Waals surface area contributed by atoms with Crippen LogP contribution in [0.1, 0.15) is 24.3 Å². The summed E-state index contributed by atoms with van der Waals surface area (Å²) in [6.07, 6.45) is 1.44. The summed E-state index contributed by atoms with van der Waals surface area (Å²) in [5.74, 6) is 1.42. The molecule has 0 atom stereocenters. The first-order chi connectivity index (χ1) is 11.9. The third kappa shape index (κ3) is 3.83. The molecule has 0 spiro atoms. The number of ether oxygens (including phenoxy) is 2. The number of carbonyl (C=O) groups is 1. The highest BCUT2D eigenvalue weighted by Gasteiger charge is 2.32. The first-order valence-corrected chi connectivity index (χ1v) is 8.49. The molecule has 0 aliphatic carbocycles. The maximum atomic E-state index is 12.7. The Morgan fingerprint density at radius 1 is 1.52 bits per heavy atom. The predicted molar refractivity (Wildman–Crippen MR) is 94.0 cm³/mol. The summed E-state index contributed by atoms with van der Waals surface area (Å²) in [7, 11) is 1.60. The van der Waals surface area contributed by atoms with Crippen molar-refractivity contribution in [2.45, 2.75) is 26.0 Å². The Hall–Kier alpha value is -2.79. The van der Waals surface area contributed by atoms with Crippen LogP contribution in [0.4, 0.5) is 9.93 Å². The zero-order valence-electron chi connectivity index (χ0n) is 14.2. The lowest BCUT2D eigenvalue weighted by Crippen LogP contribution is -2.44. The quantitative estimate of drug-likeness (QED) is 0.890. The standard InChI is InChI=1S/C17H18N4O3S/c1-17(2)10-21(16(22)20-15-19-8-13(7-18)25-15)9-11-4-5-12(23-3)6-14(11)24-17/h4-6,8H,9-10H2,1-3H3,(H,19,20,22). The van der Waals surface area contributed by atoms with Crippen molar-refractivity contribution in [3.05, 3.63) is 34.8 Å². The van der Waals surface area contributed by atoms with E-state index in [-0.39, 0.29) is 6.03 Å². The number of nitriles is 1. The van der Waals surface area contributed by atoms with Crippen LogP contribution in [-0.2, 0) is 6.54 Å². The highest BCUT2D eigenvalue weighted by molar-refractivity contribution is 7.16. The molecule has 0 saturated carbocycles. The van der Waals surface area contributed by atoms with Crippen molar-refractivity contribution in [2.24, 2.45) is 0 Å². The summed E-state index contributed by atoms with van der Waals surface area (Å²) in [6.45, 7) is 4.68. The van der Waals surface area contributed by atoms with E-state index < -0.39 is 5.60 Å². The molecule has 0 saturated heterocycles. The van der Waals surface area contributed by atoms with Crippen LogP contribution in [0, 0.1) is 11.3 Å². The Balaban J connectivity index is 1.83. The van der Waals surface area contributed by atoms with Crippen LogP contribution < -0.4 is 14.8 Å². The molecule has 0 radical (unpaired) electrons. The third-order valence-corrected chi connectivity index (χ3v) is 4.53. The number of rotatable bonds is 2. The molecule has 1 aliphatic heterocycles. The van der Waals surface area contributed by atoms with Crippen molar-refractivity contribution in [3.63, 3.8) is 0 Å². The minimum Gasteiger partial charge on any atom is -0.497 e. The van der Waals surface area contributed by atoms with Gasteiger partial charge >= 0.3 is 6.03 Å². The first kappa shape index (κ1) is 17.0. The monoisotopic (exact) mass is 358 g/mol. The molecule has 1 N–H and O–H groups in total. The van der Waals surface area contributed by atoms with Gasteiger partial charge in [0, 0.05) is 11.6 Å². The fraction of sp³-hybridized carbons (Fsp3) is 0.353. The molecule has 1 aromatic carbocycles. The molecule has 8 heteroatoms. The molecule has 2 amide bonds. The highest BCUT2D eigenvalue weighted by Crippen LogP contribution is 2.33. The summed E-state index contributed by atoms with van der Waals surface area (Å²) in [5.41, 5.74) is 0.341. The number of carbonyl (C=O) groups excluding carboxylic acids is 1. The lowest BCUT2D eigenvalue weighted by Gasteiger charge is -2.29. The summed E-state index contributed by atoms with van der Waals surface area (Å²) >= 11 is 1.14. The van der Waals surface area contributed by atoms with Gasteiger partial charge in [0.25, 0.3) is 0 Å². The van der Waals surface area contributed by atoms with Crippen molar-refractivity contribution in [3.8, 4) is 17.6 Å². The molecule has 2 aromatic rings. The molecule has 1 aromatic heterocycles. The Kier molecular flexibility index (Phi) is 4.51. The molecule has 2 heterocycles. The zero-order valence-corrected chi connectivity index (χ0v) is 15.0. The molecule has 0 bridgehead atoms. The fourth-order valence-electron chi connectivity index (χ4n) is 2.64. The Labute approximate surface area is 149 Å². The van der Waals surface area contributed by atoms with E-state index in [4.69, 9.17) is 14.7 Å². The molecular formula is C17H18N4O3S. The van der Waals surface area contributed by atoms with Gasteiger partial charge in [-0.1, -0.05) is 11.3 Å². The lowest BCUT2D eigenvalue weighted by molar-refractivity contribution is 0.0833. The van der Waals surface area contributed by atoms with Crippen molar-refractivity contribution >= 4 is 22.5 Å². The summed E-state index contributed by atoms with van der Waals surface area (Å²) in [5, 5.41) is 12.0. The van der Waals surface area contributed by atoms with Crippen LogP contribution in [0.3, 0.4) is 0 Å². The molecule has 25 heavy (non-hydrogen) atoms. The number of nitrogens with one attached hydrogen (secondary N) is 1. The predicted octanol–water partition coefficient (Wildman–Crippen LogP) is 3.23. The van der Waals surface area contributed by atoms with Crippen LogP contribution in [-0.4, -0.2) is 35.2 Å². The summed E-state index contributed by atoms with van der Waals surface area (Å²) < 4.78 is 11.3. The third-order valence-electron chi connectivity index (χ3n) is 3.71. The summed E-state index contributed by atoms with van der Waals surface area (Å²) in [4.78, 5) is 18.8. The van der Waals surface area contributed by atoms with E-state index in [0.717, 1.165) is 16.9 Å².